The monoisotopic (exact) mass is 180 g/mol. The molecule has 0 radical (unpaired) electrons. The van der Waals surface area contributed by atoms with Gasteiger partial charge in [-0.3, -0.25) is 9.59 Å². The minimum atomic E-state index is -1.04. The molecule has 8 heavy (non-hydrogen) atoms. The number of hydrogen-bond donors (Lipinski definition) is 2. The first-order valence-electron chi connectivity index (χ1n) is 1.78. The zero-order valence-corrected chi connectivity index (χ0v) is 5.51. The smallest absolute Gasteiger partial charge is 0.240 e. The molecule has 0 aliphatic heterocycles. The summed E-state index contributed by atoms with van der Waals surface area (Å²) in [6.07, 6.45) is 0. The quantitative estimate of drug-likeness (QED) is 0.410. The third-order valence-corrected chi connectivity index (χ3v) is 1.40. The molecule has 4 nitrogen and oxygen atoms in total. The summed E-state index contributed by atoms with van der Waals surface area (Å²) in [7, 11) is 0. The number of carbonyl (C=O) groups excluding carboxylic acids is 2. The van der Waals surface area contributed by atoms with Crippen LogP contribution in [0.25, 0.3) is 0 Å². The van der Waals surface area contributed by atoms with Crippen molar-refractivity contribution in [3.05, 3.63) is 0 Å². The van der Waals surface area contributed by atoms with E-state index in [1.165, 1.54) is 0 Å². The Morgan fingerprint density at radius 3 is 1.50 bits per heavy atom. The lowest BCUT2D eigenvalue weighted by Crippen LogP contribution is -2.35. The fraction of sp³-hybridized carbons (Fsp3) is 0.333. The van der Waals surface area contributed by atoms with Crippen LogP contribution in [0.4, 0.5) is 0 Å². The molecule has 0 saturated carbocycles. The first kappa shape index (κ1) is 7.42. The van der Waals surface area contributed by atoms with Crippen LogP contribution in [-0.4, -0.2) is 16.6 Å². The van der Waals surface area contributed by atoms with Crippen LogP contribution >= 0.6 is 15.9 Å². The molecule has 0 bridgehead atoms. The Labute approximate surface area is 54.3 Å². The number of hydrogen-bond acceptors (Lipinski definition) is 2. The van der Waals surface area contributed by atoms with Crippen molar-refractivity contribution >= 4 is 27.7 Å². The summed E-state index contributed by atoms with van der Waals surface area (Å²) < 4.78 is 0. The largest absolute Gasteiger partial charge is 0.368 e. The van der Waals surface area contributed by atoms with Gasteiger partial charge >= 0.3 is 0 Å². The van der Waals surface area contributed by atoms with Crippen molar-refractivity contribution in [2.45, 2.75) is 4.83 Å². The van der Waals surface area contributed by atoms with E-state index in [9.17, 15) is 9.59 Å². The van der Waals surface area contributed by atoms with Gasteiger partial charge in [0.05, 0.1) is 0 Å². The van der Waals surface area contributed by atoms with Crippen LogP contribution in [0.3, 0.4) is 0 Å². The van der Waals surface area contributed by atoms with Gasteiger partial charge in [-0.1, -0.05) is 15.9 Å². The summed E-state index contributed by atoms with van der Waals surface area (Å²) in [6.45, 7) is 0. The van der Waals surface area contributed by atoms with E-state index in [1.54, 1.807) is 0 Å². The number of alkyl halides is 1. The van der Waals surface area contributed by atoms with Gasteiger partial charge in [0, 0.05) is 0 Å². The molecule has 0 aliphatic rings. The molecule has 0 unspecified atom stereocenters. The molecule has 0 spiro atoms. The van der Waals surface area contributed by atoms with E-state index in [4.69, 9.17) is 0 Å². The summed E-state index contributed by atoms with van der Waals surface area (Å²) in [5, 5.41) is 0. The second-order valence-corrected chi connectivity index (χ2v) is 2.08. The summed E-state index contributed by atoms with van der Waals surface area (Å²) in [6, 6.07) is 0. The molecule has 2 amide bonds. The van der Waals surface area contributed by atoms with Crippen molar-refractivity contribution in [3.8, 4) is 0 Å². The van der Waals surface area contributed by atoms with Gasteiger partial charge in [-0.05, 0) is 0 Å². The number of rotatable bonds is 2. The summed E-state index contributed by atoms with van der Waals surface area (Å²) in [5.74, 6) is -1.53. The maximum absolute atomic E-state index is 10.0. The first-order valence-corrected chi connectivity index (χ1v) is 2.70. The van der Waals surface area contributed by atoms with Gasteiger partial charge < -0.3 is 11.5 Å². The molecule has 4 N–H and O–H groups in total. The average molecular weight is 181 g/mol. The molecule has 0 saturated heterocycles. The first-order chi connectivity index (χ1) is 3.55. The van der Waals surface area contributed by atoms with E-state index < -0.39 is 16.6 Å². The van der Waals surface area contributed by atoms with Crippen molar-refractivity contribution in [1.82, 2.24) is 0 Å². The van der Waals surface area contributed by atoms with Crippen molar-refractivity contribution in [2.75, 3.05) is 0 Å². The Morgan fingerprint density at radius 1 is 1.25 bits per heavy atom. The summed E-state index contributed by atoms with van der Waals surface area (Å²) >= 11 is 2.66. The van der Waals surface area contributed by atoms with Gasteiger partial charge in [0.25, 0.3) is 0 Å². The lowest BCUT2D eigenvalue weighted by Gasteiger charge is -1.95. The molecule has 0 aromatic rings. The highest BCUT2D eigenvalue weighted by atomic mass is 79.9. The standard InChI is InChI=1S/C3H5BrN2O2/c4-1(2(5)7)3(6)8/h1H,(H2,5,7)(H2,6,8). The van der Waals surface area contributed by atoms with Crippen LogP contribution < -0.4 is 11.5 Å². The van der Waals surface area contributed by atoms with Crippen LogP contribution in [0.1, 0.15) is 0 Å². The number of carbonyl (C=O) groups is 2. The molecule has 0 heterocycles. The van der Waals surface area contributed by atoms with Crippen LogP contribution in [0.15, 0.2) is 0 Å². The normalized spacial score (nSPS) is 9.25. The lowest BCUT2D eigenvalue weighted by molar-refractivity contribution is -0.124. The Bertz CT molecular complexity index is 110. The average Bonchev–Trinajstić information content (AvgIpc) is 1.64. The molecule has 0 rings (SSSR count). The lowest BCUT2D eigenvalue weighted by atomic mass is 10.4. The van der Waals surface area contributed by atoms with Crippen molar-refractivity contribution in [1.29, 1.82) is 0 Å². The van der Waals surface area contributed by atoms with E-state index in [0.29, 0.717) is 0 Å². The maximum atomic E-state index is 10.0. The predicted octanol–water partition coefficient (Wildman–Crippen LogP) is -1.28. The highest BCUT2D eigenvalue weighted by molar-refractivity contribution is 9.10. The summed E-state index contributed by atoms with van der Waals surface area (Å²) in [4.78, 5) is 19.0. The zero-order valence-electron chi connectivity index (χ0n) is 3.93. The summed E-state index contributed by atoms with van der Waals surface area (Å²) in [5.41, 5.74) is 9.30. The fourth-order valence-electron chi connectivity index (χ4n) is 0.140. The predicted molar refractivity (Wildman–Crippen MR) is 31.1 cm³/mol. The minimum Gasteiger partial charge on any atom is -0.368 e. The van der Waals surface area contributed by atoms with E-state index in [-0.39, 0.29) is 0 Å². The molecule has 5 heteroatoms. The molecule has 46 valence electrons. The Morgan fingerprint density at radius 2 is 1.50 bits per heavy atom. The third-order valence-electron chi connectivity index (χ3n) is 0.500. The molecule has 0 aromatic carbocycles. The molecular formula is C3H5BrN2O2. The van der Waals surface area contributed by atoms with E-state index in [2.05, 4.69) is 27.4 Å². The van der Waals surface area contributed by atoms with Gasteiger partial charge in [-0.15, -0.1) is 0 Å². The SMILES string of the molecule is NC(=O)C(Br)C(N)=O. The van der Waals surface area contributed by atoms with Crippen LogP contribution in [0, 0.1) is 0 Å². The van der Waals surface area contributed by atoms with E-state index in [0.717, 1.165) is 0 Å². The molecule has 0 fully saturated rings. The number of halogens is 1. The number of primary amides is 2. The van der Waals surface area contributed by atoms with Crippen LogP contribution in [-0.2, 0) is 9.59 Å². The highest BCUT2D eigenvalue weighted by Gasteiger charge is 2.15. The molecule has 0 aliphatic carbocycles. The van der Waals surface area contributed by atoms with Gasteiger partial charge in [-0.2, -0.15) is 0 Å². The highest BCUT2D eigenvalue weighted by Crippen LogP contribution is 1.94. The second-order valence-electron chi connectivity index (χ2n) is 1.17. The molecule has 0 atom stereocenters. The van der Waals surface area contributed by atoms with Crippen molar-refractivity contribution in [2.24, 2.45) is 11.5 Å². The van der Waals surface area contributed by atoms with Gasteiger partial charge in [-0.25, -0.2) is 0 Å². The fourth-order valence-corrected chi connectivity index (χ4v) is 0.140. The van der Waals surface area contributed by atoms with Crippen molar-refractivity contribution < 1.29 is 9.59 Å². The third kappa shape index (κ3) is 1.92. The van der Waals surface area contributed by atoms with Gasteiger partial charge in [0.15, 0.2) is 4.83 Å². The number of nitrogens with two attached hydrogens (primary N) is 2. The Kier molecular flexibility index (Phi) is 2.47. The minimum absolute atomic E-state index is 0.766. The second kappa shape index (κ2) is 2.66. The maximum Gasteiger partial charge on any atom is 0.240 e. The van der Waals surface area contributed by atoms with E-state index >= 15 is 0 Å². The number of amides is 2. The molecular weight excluding hydrogens is 176 g/mol. The Hall–Kier alpha value is -0.580. The topological polar surface area (TPSA) is 86.2 Å². The van der Waals surface area contributed by atoms with E-state index in [1.807, 2.05) is 0 Å². The van der Waals surface area contributed by atoms with Crippen LogP contribution in [0.2, 0.25) is 0 Å². The van der Waals surface area contributed by atoms with Crippen LogP contribution in [0.5, 0.6) is 0 Å². The molecule has 0 aromatic heterocycles. The van der Waals surface area contributed by atoms with Crippen molar-refractivity contribution in [3.63, 3.8) is 0 Å². The Balaban J connectivity index is 3.83. The van der Waals surface area contributed by atoms with Gasteiger partial charge in [0.1, 0.15) is 0 Å². The zero-order chi connectivity index (χ0) is 6.73. The van der Waals surface area contributed by atoms with Gasteiger partial charge in [0.2, 0.25) is 11.8 Å².